The molecule has 0 spiro atoms. The van der Waals surface area contributed by atoms with Crippen LogP contribution in [0.3, 0.4) is 0 Å². The zero-order valence-electron chi connectivity index (χ0n) is 21.5. The zero-order chi connectivity index (χ0) is 26.6. The maximum absolute atomic E-state index is 13.3. The van der Waals surface area contributed by atoms with E-state index in [1.54, 1.807) is 42.5 Å². The van der Waals surface area contributed by atoms with Crippen LogP contribution in [0, 0.1) is 6.92 Å². The number of fused-ring (bicyclic) bond motifs is 2. The molecule has 192 valence electrons. The lowest BCUT2D eigenvalue weighted by atomic mass is 10.1. The molecule has 1 heterocycles. The average Bonchev–Trinajstić information content (AvgIpc) is 2.90. The van der Waals surface area contributed by atoms with Gasteiger partial charge in [-0.15, -0.1) is 0 Å². The number of para-hydroxylation sites is 1. The second-order valence-electron chi connectivity index (χ2n) is 9.33. The summed E-state index contributed by atoms with van der Waals surface area (Å²) in [6.07, 6.45) is 0. The molecule has 5 aromatic rings. The minimum Gasteiger partial charge on any atom is -0.488 e. The number of amides is 1. The summed E-state index contributed by atoms with van der Waals surface area (Å²) in [5.74, 6) is 1.25. The van der Waals surface area contributed by atoms with Crippen molar-refractivity contribution in [3.63, 3.8) is 0 Å². The van der Waals surface area contributed by atoms with E-state index in [0.29, 0.717) is 57.0 Å². The SMILES string of the molecule is Cc1cc(OCCN(C)C)c2oc3cc(Oc4cccc(C(=O)Nc5ccccc5)c4)ccc3c(=O)c2c1. The van der Waals surface area contributed by atoms with Crippen molar-refractivity contribution in [2.24, 2.45) is 0 Å². The summed E-state index contributed by atoms with van der Waals surface area (Å²) < 4.78 is 18.2. The number of anilines is 1. The highest BCUT2D eigenvalue weighted by Crippen LogP contribution is 2.31. The predicted molar refractivity (Wildman–Crippen MR) is 150 cm³/mol. The number of likely N-dealkylation sites (N-methyl/N-ethyl adjacent to an activating group) is 1. The summed E-state index contributed by atoms with van der Waals surface area (Å²) in [6.45, 7) is 3.12. The number of hydrogen-bond acceptors (Lipinski definition) is 6. The third kappa shape index (κ3) is 5.53. The fourth-order valence-electron chi connectivity index (χ4n) is 4.11. The first-order valence-electron chi connectivity index (χ1n) is 12.3. The first-order chi connectivity index (χ1) is 18.4. The number of carbonyl (C=O) groups is 1. The van der Waals surface area contributed by atoms with Gasteiger partial charge < -0.3 is 24.1 Å². The summed E-state index contributed by atoms with van der Waals surface area (Å²) in [4.78, 5) is 28.0. The number of ether oxygens (including phenoxy) is 2. The van der Waals surface area contributed by atoms with Gasteiger partial charge in [0.05, 0.1) is 10.8 Å². The van der Waals surface area contributed by atoms with Crippen molar-refractivity contribution in [3.8, 4) is 17.2 Å². The summed E-state index contributed by atoms with van der Waals surface area (Å²) in [5, 5.41) is 3.79. The fourth-order valence-corrected chi connectivity index (χ4v) is 4.11. The Morgan fingerprint density at radius 3 is 2.47 bits per heavy atom. The van der Waals surface area contributed by atoms with E-state index in [0.717, 1.165) is 12.1 Å². The van der Waals surface area contributed by atoms with E-state index >= 15 is 0 Å². The van der Waals surface area contributed by atoms with Gasteiger partial charge in [-0.05, 0) is 81.2 Å². The lowest BCUT2D eigenvalue weighted by Crippen LogP contribution is -2.19. The molecule has 4 aromatic carbocycles. The largest absolute Gasteiger partial charge is 0.488 e. The van der Waals surface area contributed by atoms with E-state index in [-0.39, 0.29) is 11.3 Å². The topological polar surface area (TPSA) is 81.0 Å². The number of rotatable bonds is 8. The first-order valence-corrected chi connectivity index (χ1v) is 12.3. The standard InChI is InChI=1S/C31H28N2O5/c1-20-16-26-29(34)25-13-12-24(19-27(25)38-30(26)28(17-20)36-15-14-33(2)3)37-23-11-7-8-21(18-23)31(35)32-22-9-5-4-6-10-22/h4-13,16-19H,14-15H2,1-3H3,(H,32,35). The summed E-state index contributed by atoms with van der Waals surface area (Å²) >= 11 is 0. The molecule has 0 aliphatic heterocycles. The van der Waals surface area contributed by atoms with Gasteiger partial charge in [0.25, 0.3) is 5.91 Å². The van der Waals surface area contributed by atoms with Gasteiger partial charge in [-0.25, -0.2) is 0 Å². The van der Waals surface area contributed by atoms with Crippen molar-refractivity contribution in [2.45, 2.75) is 6.92 Å². The third-order valence-electron chi connectivity index (χ3n) is 6.01. The molecule has 5 rings (SSSR count). The molecule has 0 atom stereocenters. The van der Waals surface area contributed by atoms with Crippen LogP contribution in [-0.4, -0.2) is 38.1 Å². The molecule has 1 amide bonds. The molecule has 1 aromatic heterocycles. The second kappa shape index (κ2) is 10.8. The molecule has 0 aliphatic carbocycles. The highest BCUT2D eigenvalue weighted by Gasteiger charge is 2.15. The van der Waals surface area contributed by atoms with Gasteiger partial charge in [-0.3, -0.25) is 9.59 Å². The average molecular weight is 509 g/mol. The Bertz CT molecular complexity index is 1680. The first kappa shape index (κ1) is 25.0. The van der Waals surface area contributed by atoms with E-state index < -0.39 is 0 Å². The van der Waals surface area contributed by atoms with Crippen LogP contribution < -0.4 is 20.2 Å². The van der Waals surface area contributed by atoms with E-state index in [2.05, 4.69) is 5.32 Å². The number of nitrogens with zero attached hydrogens (tertiary/aromatic N) is 1. The Hall–Kier alpha value is -4.62. The smallest absolute Gasteiger partial charge is 0.255 e. The summed E-state index contributed by atoms with van der Waals surface area (Å²) in [5.41, 5.74) is 2.75. The van der Waals surface area contributed by atoms with Gasteiger partial charge >= 0.3 is 0 Å². The van der Waals surface area contributed by atoms with Gasteiger partial charge in [-0.2, -0.15) is 0 Å². The third-order valence-corrected chi connectivity index (χ3v) is 6.01. The van der Waals surface area contributed by atoms with E-state index in [1.807, 2.05) is 68.4 Å². The van der Waals surface area contributed by atoms with Crippen molar-refractivity contribution in [2.75, 3.05) is 32.6 Å². The van der Waals surface area contributed by atoms with E-state index in [1.165, 1.54) is 0 Å². The molecule has 0 unspecified atom stereocenters. The molecule has 0 radical (unpaired) electrons. The number of nitrogens with one attached hydrogen (secondary N) is 1. The molecule has 38 heavy (non-hydrogen) atoms. The predicted octanol–water partition coefficient (Wildman–Crippen LogP) is 6.24. The Balaban J connectivity index is 1.44. The monoisotopic (exact) mass is 508 g/mol. The normalized spacial score (nSPS) is 11.2. The Morgan fingerprint density at radius 1 is 0.895 bits per heavy atom. The Labute approximate surface area is 220 Å². The van der Waals surface area contributed by atoms with Crippen LogP contribution in [-0.2, 0) is 0 Å². The molecule has 0 bridgehead atoms. The molecule has 0 saturated carbocycles. The molecule has 1 N–H and O–H groups in total. The molecule has 7 nitrogen and oxygen atoms in total. The molecule has 0 saturated heterocycles. The Morgan fingerprint density at radius 2 is 1.68 bits per heavy atom. The minimum atomic E-state index is -0.241. The highest BCUT2D eigenvalue weighted by molar-refractivity contribution is 6.04. The van der Waals surface area contributed by atoms with E-state index in [9.17, 15) is 9.59 Å². The number of aryl methyl sites for hydroxylation is 1. The van der Waals surface area contributed by atoms with E-state index in [4.69, 9.17) is 13.9 Å². The zero-order valence-corrected chi connectivity index (χ0v) is 21.5. The molecule has 0 fully saturated rings. The van der Waals surface area contributed by atoms with Crippen LogP contribution in [0.1, 0.15) is 15.9 Å². The van der Waals surface area contributed by atoms with Crippen LogP contribution in [0.5, 0.6) is 17.2 Å². The summed E-state index contributed by atoms with van der Waals surface area (Å²) in [6, 6.07) is 24.9. The second-order valence-corrected chi connectivity index (χ2v) is 9.33. The molecular weight excluding hydrogens is 480 g/mol. The van der Waals surface area contributed by atoms with Crippen LogP contribution >= 0.6 is 0 Å². The van der Waals surface area contributed by atoms with Crippen molar-refractivity contribution < 1.29 is 18.7 Å². The molecular formula is C31H28N2O5. The van der Waals surface area contributed by atoms with Gasteiger partial charge in [0.2, 0.25) is 5.43 Å². The maximum Gasteiger partial charge on any atom is 0.255 e. The number of hydrogen-bond donors (Lipinski definition) is 1. The van der Waals surface area contributed by atoms with Crippen molar-refractivity contribution >= 4 is 33.5 Å². The molecule has 0 aliphatic rings. The van der Waals surface area contributed by atoms with Gasteiger partial charge in [0.15, 0.2) is 11.3 Å². The van der Waals surface area contributed by atoms with Crippen LogP contribution in [0.2, 0.25) is 0 Å². The van der Waals surface area contributed by atoms with Gasteiger partial charge in [0, 0.05) is 23.9 Å². The fraction of sp³-hybridized carbons (Fsp3) is 0.161. The maximum atomic E-state index is 13.3. The van der Waals surface area contributed by atoms with Crippen molar-refractivity contribution in [1.82, 2.24) is 4.90 Å². The lowest BCUT2D eigenvalue weighted by molar-refractivity contribution is 0.102. The minimum absolute atomic E-state index is 0.131. The highest BCUT2D eigenvalue weighted by atomic mass is 16.5. The van der Waals surface area contributed by atoms with Crippen LogP contribution in [0.25, 0.3) is 21.9 Å². The quantitative estimate of drug-likeness (QED) is 0.250. The van der Waals surface area contributed by atoms with Gasteiger partial charge in [0.1, 0.15) is 23.7 Å². The van der Waals surface area contributed by atoms with Crippen LogP contribution in [0.4, 0.5) is 5.69 Å². The summed E-state index contributed by atoms with van der Waals surface area (Å²) in [7, 11) is 3.94. The van der Waals surface area contributed by atoms with Gasteiger partial charge in [-0.1, -0.05) is 24.3 Å². The van der Waals surface area contributed by atoms with Crippen molar-refractivity contribution in [3.05, 3.63) is 106 Å². The van der Waals surface area contributed by atoms with Crippen LogP contribution in [0.15, 0.2) is 94.1 Å². The number of benzene rings is 4. The van der Waals surface area contributed by atoms with Crippen molar-refractivity contribution in [1.29, 1.82) is 0 Å². The molecule has 7 heteroatoms. The Kier molecular flexibility index (Phi) is 7.11. The number of carbonyl (C=O) groups excluding carboxylic acids is 1. The lowest BCUT2D eigenvalue weighted by Gasteiger charge is -2.13.